The number of halogens is 6. The van der Waals surface area contributed by atoms with Gasteiger partial charge in [0.25, 0.3) is 11.8 Å². The van der Waals surface area contributed by atoms with Crippen LogP contribution in [0.5, 0.6) is 0 Å². The molecule has 1 unspecified atom stereocenters. The molecule has 2 aromatic heterocycles. The number of carbonyl (C=O) groups is 1. The summed E-state index contributed by atoms with van der Waals surface area (Å²) < 4.78 is 67.2. The molecule has 2 atom stereocenters. The normalized spacial score (nSPS) is 20.1. The van der Waals surface area contributed by atoms with E-state index in [1.54, 1.807) is 7.05 Å². The van der Waals surface area contributed by atoms with Crippen molar-refractivity contribution in [2.75, 3.05) is 25.5 Å². The molecule has 0 spiro atoms. The predicted molar refractivity (Wildman–Crippen MR) is 124 cm³/mol. The third-order valence-electron chi connectivity index (χ3n) is 5.56. The number of likely N-dealkylation sites (tertiary alicyclic amines) is 1. The van der Waals surface area contributed by atoms with Gasteiger partial charge in [-0.25, -0.2) is 18.7 Å². The lowest BCUT2D eigenvalue weighted by atomic mass is 9.87. The van der Waals surface area contributed by atoms with Gasteiger partial charge in [0.15, 0.2) is 0 Å². The first-order valence-corrected chi connectivity index (χ1v) is 11.1. The number of nitrogens with one attached hydrogen (secondary N) is 3. The Morgan fingerprint density at radius 2 is 1.92 bits per heavy atom. The number of anilines is 1. The van der Waals surface area contributed by atoms with E-state index in [4.69, 9.17) is 17.0 Å². The van der Waals surface area contributed by atoms with Crippen molar-refractivity contribution < 1.29 is 26.7 Å². The number of aromatic nitrogens is 3. The molecule has 0 aliphatic carbocycles. The van der Waals surface area contributed by atoms with E-state index in [0.29, 0.717) is 17.4 Å². The van der Waals surface area contributed by atoms with E-state index in [1.165, 1.54) is 31.5 Å². The number of carbonyl (C=O) groups excluding carboxylic acids is 1. The molecule has 194 valence electrons. The molecule has 1 fully saturated rings. The smallest absolute Gasteiger partial charge is 0.393 e. The molecule has 0 radical (unpaired) electrons. The Bertz CT molecular complexity index is 1120. The fourth-order valence-corrected chi connectivity index (χ4v) is 3.96. The second kappa shape index (κ2) is 10.7. The highest BCUT2D eigenvalue weighted by Gasteiger charge is 2.47. The fraction of sp³-hybridized carbons (Fsp3) is 0.409. The lowest BCUT2D eigenvalue weighted by Gasteiger charge is -2.43. The molecule has 1 amide bonds. The van der Waals surface area contributed by atoms with Crippen LogP contribution in [-0.4, -0.2) is 63.6 Å². The average Bonchev–Trinajstić information content (AvgIpc) is 2.80. The molecule has 3 rings (SSSR count). The van der Waals surface area contributed by atoms with Crippen molar-refractivity contribution in [2.45, 2.75) is 31.5 Å². The molecule has 36 heavy (non-hydrogen) atoms. The van der Waals surface area contributed by atoms with Gasteiger partial charge in [-0.2, -0.15) is 13.2 Å². The fourth-order valence-electron chi connectivity index (χ4n) is 3.85. The Labute approximate surface area is 208 Å². The SMILES string of the molecule is CN/C=C(\C(=N)C(=O)N1CC(F)(F)C[C@@H](C)C1CNc1ncc(C(F)(F)F)cn1)c1ccc(Cl)cn1. The maximum absolute atomic E-state index is 14.5. The van der Waals surface area contributed by atoms with Crippen molar-refractivity contribution in [1.82, 2.24) is 25.2 Å². The maximum Gasteiger partial charge on any atom is 0.419 e. The summed E-state index contributed by atoms with van der Waals surface area (Å²) in [5.41, 5.74) is -1.31. The summed E-state index contributed by atoms with van der Waals surface area (Å²) in [5.74, 6) is -5.02. The molecule has 1 aliphatic rings. The van der Waals surface area contributed by atoms with Crippen molar-refractivity contribution in [3.05, 3.63) is 53.2 Å². The molecule has 1 saturated heterocycles. The van der Waals surface area contributed by atoms with Crippen LogP contribution < -0.4 is 10.6 Å². The van der Waals surface area contributed by atoms with Crippen LogP contribution in [0.2, 0.25) is 5.02 Å². The molecule has 1 aliphatic heterocycles. The first-order chi connectivity index (χ1) is 16.8. The maximum atomic E-state index is 14.5. The van der Waals surface area contributed by atoms with Crippen molar-refractivity contribution in [3.8, 4) is 0 Å². The monoisotopic (exact) mass is 531 g/mol. The zero-order valence-corrected chi connectivity index (χ0v) is 20.0. The van der Waals surface area contributed by atoms with E-state index in [-0.39, 0.29) is 23.8 Å². The van der Waals surface area contributed by atoms with Gasteiger partial charge >= 0.3 is 6.18 Å². The van der Waals surface area contributed by atoms with E-state index in [0.717, 1.165) is 4.90 Å². The van der Waals surface area contributed by atoms with Crippen molar-refractivity contribution >= 4 is 34.7 Å². The minimum absolute atomic E-state index is 0.0680. The molecule has 14 heteroatoms. The molecule has 0 aromatic carbocycles. The largest absolute Gasteiger partial charge is 0.419 e. The van der Waals surface area contributed by atoms with Crippen molar-refractivity contribution in [3.63, 3.8) is 0 Å². The van der Waals surface area contributed by atoms with Crippen molar-refractivity contribution in [2.24, 2.45) is 5.92 Å². The summed E-state index contributed by atoms with van der Waals surface area (Å²) in [6.45, 7) is 0.480. The van der Waals surface area contributed by atoms with E-state index >= 15 is 0 Å². The van der Waals surface area contributed by atoms with Crippen LogP contribution in [0.15, 0.2) is 36.9 Å². The lowest BCUT2D eigenvalue weighted by molar-refractivity contribution is -0.145. The van der Waals surface area contributed by atoms with Gasteiger partial charge in [-0.1, -0.05) is 18.5 Å². The summed E-state index contributed by atoms with van der Waals surface area (Å²) in [7, 11) is 1.54. The second-order valence-corrected chi connectivity index (χ2v) is 8.73. The van der Waals surface area contributed by atoms with E-state index < -0.39 is 54.2 Å². The van der Waals surface area contributed by atoms with Crippen LogP contribution in [-0.2, 0) is 11.0 Å². The van der Waals surface area contributed by atoms with Crippen LogP contribution in [0.3, 0.4) is 0 Å². The molecule has 3 N–H and O–H groups in total. The first kappa shape index (κ1) is 27.2. The molecule has 3 heterocycles. The van der Waals surface area contributed by atoms with Gasteiger partial charge in [-0.05, 0) is 18.1 Å². The Morgan fingerprint density at radius 1 is 1.25 bits per heavy atom. The second-order valence-electron chi connectivity index (χ2n) is 8.30. The predicted octanol–water partition coefficient (Wildman–Crippen LogP) is 4.11. The summed E-state index contributed by atoms with van der Waals surface area (Å²) in [4.78, 5) is 25.6. The van der Waals surface area contributed by atoms with Crippen LogP contribution >= 0.6 is 11.6 Å². The van der Waals surface area contributed by atoms with Crippen LogP contribution in [0.1, 0.15) is 24.6 Å². The van der Waals surface area contributed by atoms with E-state index in [2.05, 4.69) is 25.6 Å². The molecular formula is C22H23ClF5N7O. The highest BCUT2D eigenvalue weighted by atomic mass is 35.5. The molecule has 2 aromatic rings. The van der Waals surface area contributed by atoms with Gasteiger partial charge in [0.2, 0.25) is 5.95 Å². The number of rotatable bonds is 7. The number of hydrogen-bond donors (Lipinski definition) is 3. The summed E-state index contributed by atoms with van der Waals surface area (Å²) >= 11 is 5.86. The molecular weight excluding hydrogens is 509 g/mol. The molecule has 8 nitrogen and oxygen atoms in total. The number of alkyl halides is 5. The number of nitrogens with zero attached hydrogens (tertiary/aromatic N) is 4. The molecule has 0 saturated carbocycles. The standard InChI is InChI=1S/C22H23ClF5N7O/c1-12-5-21(24,25)11-35(17(12)10-34-20-32-6-13(7-33-20)22(26,27)28)19(36)18(29)15(9-30-2)16-4-3-14(23)8-31-16/h3-4,6-9,12,17,29-30H,5,10-11H2,1-2H3,(H,32,33,34)/b15-9-,29-18?/t12-,17?/m1/s1. The van der Waals surface area contributed by atoms with Crippen LogP contribution in [0.4, 0.5) is 27.9 Å². The van der Waals surface area contributed by atoms with Gasteiger partial charge in [-0.3, -0.25) is 15.2 Å². The highest BCUT2D eigenvalue weighted by Crippen LogP contribution is 2.35. The number of piperidine rings is 1. The summed E-state index contributed by atoms with van der Waals surface area (Å²) in [5, 5.41) is 14.2. The van der Waals surface area contributed by atoms with Gasteiger partial charge in [0, 0.05) is 50.4 Å². The quantitative estimate of drug-likeness (QED) is 0.367. The van der Waals surface area contributed by atoms with E-state index in [9.17, 15) is 26.7 Å². The molecule has 0 bridgehead atoms. The van der Waals surface area contributed by atoms with E-state index in [1.807, 2.05) is 0 Å². The number of amides is 1. The topological polar surface area (TPSA) is 107 Å². The third kappa shape index (κ3) is 6.45. The zero-order chi connectivity index (χ0) is 26.7. The Kier molecular flexibility index (Phi) is 8.12. The van der Waals surface area contributed by atoms with Gasteiger partial charge in [-0.15, -0.1) is 0 Å². The Morgan fingerprint density at radius 3 is 2.47 bits per heavy atom. The number of pyridine rings is 1. The van der Waals surface area contributed by atoms with Gasteiger partial charge in [0.1, 0.15) is 5.71 Å². The minimum atomic E-state index is -4.61. The highest BCUT2D eigenvalue weighted by molar-refractivity contribution is 6.54. The summed E-state index contributed by atoms with van der Waals surface area (Å²) in [6.07, 6.45) is -1.25. The van der Waals surface area contributed by atoms with Gasteiger partial charge in [0.05, 0.1) is 28.9 Å². The zero-order valence-electron chi connectivity index (χ0n) is 19.2. The minimum Gasteiger partial charge on any atom is -0.393 e. The summed E-state index contributed by atoms with van der Waals surface area (Å²) in [6, 6.07) is 2.18. The lowest BCUT2D eigenvalue weighted by Crippen LogP contribution is -2.59. The number of hydrogen-bond acceptors (Lipinski definition) is 7. The Hall–Kier alpha value is -3.35. The van der Waals surface area contributed by atoms with Crippen molar-refractivity contribution in [1.29, 1.82) is 5.41 Å². The Balaban J connectivity index is 1.84. The third-order valence-corrected chi connectivity index (χ3v) is 5.79. The van der Waals surface area contributed by atoms with Crippen LogP contribution in [0.25, 0.3) is 5.57 Å². The first-order valence-electron chi connectivity index (χ1n) is 10.7. The average molecular weight is 532 g/mol. The van der Waals surface area contributed by atoms with Gasteiger partial charge < -0.3 is 15.5 Å². The van der Waals surface area contributed by atoms with Crippen LogP contribution in [0, 0.1) is 11.3 Å².